The summed E-state index contributed by atoms with van der Waals surface area (Å²) in [6, 6.07) is 22.5. The molecule has 170 valence electrons. The SMILES string of the molecule is CC(O)CNc1ccc2c(c1)CC(CNC(=O)OCC1c3ccccc3-c3ccccc31)O2. The van der Waals surface area contributed by atoms with Crippen LogP contribution in [-0.4, -0.2) is 43.1 Å². The highest BCUT2D eigenvalue weighted by atomic mass is 16.5. The molecule has 1 aliphatic heterocycles. The number of benzene rings is 3. The minimum Gasteiger partial charge on any atom is -0.488 e. The lowest BCUT2D eigenvalue weighted by Crippen LogP contribution is -2.35. The van der Waals surface area contributed by atoms with Crippen LogP contribution >= 0.6 is 0 Å². The van der Waals surface area contributed by atoms with E-state index in [1.807, 2.05) is 42.5 Å². The number of fused-ring (bicyclic) bond motifs is 4. The molecule has 2 aliphatic rings. The van der Waals surface area contributed by atoms with E-state index in [2.05, 4.69) is 34.9 Å². The maximum atomic E-state index is 12.4. The van der Waals surface area contributed by atoms with E-state index in [0.29, 0.717) is 26.1 Å². The van der Waals surface area contributed by atoms with Crippen molar-refractivity contribution in [2.75, 3.05) is 25.0 Å². The molecule has 0 aromatic heterocycles. The average Bonchev–Trinajstić information content (AvgIpc) is 3.38. The summed E-state index contributed by atoms with van der Waals surface area (Å²) in [5.74, 6) is 0.875. The first-order valence-electron chi connectivity index (χ1n) is 11.4. The molecule has 1 aliphatic carbocycles. The normalized spacial score (nSPS) is 16.8. The number of hydrogen-bond acceptors (Lipinski definition) is 5. The monoisotopic (exact) mass is 444 g/mol. The highest BCUT2D eigenvalue weighted by Gasteiger charge is 2.29. The van der Waals surface area contributed by atoms with Gasteiger partial charge in [-0.1, -0.05) is 48.5 Å². The summed E-state index contributed by atoms with van der Waals surface area (Å²) in [5, 5.41) is 15.5. The van der Waals surface area contributed by atoms with Crippen molar-refractivity contribution in [2.24, 2.45) is 0 Å². The van der Waals surface area contributed by atoms with Gasteiger partial charge in [0.1, 0.15) is 18.5 Å². The Balaban J connectivity index is 1.14. The fraction of sp³-hybridized carbons (Fsp3) is 0.296. The molecule has 3 N–H and O–H groups in total. The topological polar surface area (TPSA) is 79.8 Å². The largest absolute Gasteiger partial charge is 0.488 e. The van der Waals surface area contributed by atoms with Gasteiger partial charge < -0.3 is 25.2 Å². The van der Waals surface area contributed by atoms with Crippen molar-refractivity contribution in [3.63, 3.8) is 0 Å². The third-order valence-corrected chi connectivity index (χ3v) is 6.22. The van der Waals surface area contributed by atoms with E-state index in [1.54, 1.807) is 6.92 Å². The number of alkyl carbamates (subject to hydrolysis) is 1. The fourth-order valence-electron chi connectivity index (χ4n) is 4.66. The van der Waals surface area contributed by atoms with Crippen molar-refractivity contribution in [1.82, 2.24) is 5.32 Å². The van der Waals surface area contributed by atoms with E-state index in [9.17, 15) is 9.90 Å². The van der Waals surface area contributed by atoms with Gasteiger partial charge >= 0.3 is 6.09 Å². The smallest absolute Gasteiger partial charge is 0.407 e. The maximum absolute atomic E-state index is 12.4. The summed E-state index contributed by atoms with van der Waals surface area (Å²) < 4.78 is 11.6. The molecule has 2 unspecified atom stereocenters. The Morgan fingerprint density at radius 3 is 2.48 bits per heavy atom. The van der Waals surface area contributed by atoms with Gasteiger partial charge in [-0.25, -0.2) is 4.79 Å². The van der Waals surface area contributed by atoms with Gasteiger partial charge in [0.2, 0.25) is 0 Å². The fourth-order valence-corrected chi connectivity index (χ4v) is 4.66. The van der Waals surface area contributed by atoms with E-state index < -0.39 is 12.2 Å². The molecule has 1 heterocycles. The van der Waals surface area contributed by atoms with Gasteiger partial charge in [-0.3, -0.25) is 0 Å². The van der Waals surface area contributed by atoms with Gasteiger partial charge in [-0.15, -0.1) is 0 Å². The molecule has 33 heavy (non-hydrogen) atoms. The van der Waals surface area contributed by atoms with Crippen LogP contribution in [0.25, 0.3) is 11.1 Å². The van der Waals surface area contributed by atoms with E-state index in [1.165, 1.54) is 22.3 Å². The first kappa shape index (κ1) is 21.3. The summed E-state index contributed by atoms with van der Waals surface area (Å²) in [4.78, 5) is 12.4. The van der Waals surface area contributed by atoms with Crippen LogP contribution in [0, 0.1) is 0 Å². The minimum absolute atomic E-state index is 0.0442. The van der Waals surface area contributed by atoms with Gasteiger partial charge in [0.25, 0.3) is 0 Å². The van der Waals surface area contributed by atoms with Crippen LogP contribution in [0.15, 0.2) is 66.7 Å². The second kappa shape index (κ2) is 9.16. The number of amides is 1. The van der Waals surface area contributed by atoms with Crippen molar-refractivity contribution >= 4 is 11.8 Å². The highest BCUT2D eigenvalue weighted by molar-refractivity contribution is 5.79. The van der Waals surface area contributed by atoms with Crippen LogP contribution in [0.1, 0.15) is 29.5 Å². The number of rotatable bonds is 7. The van der Waals surface area contributed by atoms with Crippen LogP contribution in [0.3, 0.4) is 0 Å². The van der Waals surface area contributed by atoms with E-state index >= 15 is 0 Å². The van der Waals surface area contributed by atoms with Crippen molar-refractivity contribution in [2.45, 2.75) is 31.5 Å². The molecule has 0 bridgehead atoms. The Bertz CT molecular complexity index is 1110. The third-order valence-electron chi connectivity index (χ3n) is 6.22. The summed E-state index contributed by atoms with van der Waals surface area (Å²) in [6.45, 7) is 2.91. The third kappa shape index (κ3) is 4.52. The van der Waals surface area contributed by atoms with Crippen LogP contribution in [-0.2, 0) is 11.2 Å². The van der Waals surface area contributed by atoms with Crippen molar-refractivity contribution in [3.8, 4) is 16.9 Å². The molecule has 2 atom stereocenters. The number of nitrogens with one attached hydrogen (secondary N) is 2. The summed E-state index contributed by atoms with van der Waals surface area (Å²) in [6.07, 6.45) is -0.268. The Morgan fingerprint density at radius 1 is 1.09 bits per heavy atom. The molecule has 5 rings (SSSR count). The standard InChI is InChI=1S/C27H28N2O4/c1-17(30)14-28-19-10-11-26-18(12-19)13-20(33-26)15-29-27(31)32-16-25-23-8-4-2-6-21(23)22-7-3-5-9-24(22)25/h2-12,17,20,25,28,30H,13-16H2,1H3,(H,29,31). The molecule has 0 fully saturated rings. The maximum Gasteiger partial charge on any atom is 0.407 e. The zero-order valence-corrected chi connectivity index (χ0v) is 18.6. The van der Waals surface area contributed by atoms with E-state index in [0.717, 1.165) is 17.0 Å². The quantitative estimate of drug-likeness (QED) is 0.506. The number of aliphatic hydroxyl groups is 1. The number of hydrogen-bond donors (Lipinski definition) is 3. The molecular formula is C27H28N2O4. The predicted octanol–water partition coefficient (Wildman–Crippen LogP) is 4.32. The Kier molecular flexibility index (Phi) is 5.92. The van der Waals surface area contributed by atoms with Crippen LogP contribution in [0.5, 0.6) is 5.75 Å². The van der Waals surface area contributed by atoms with Gasteiger partial charge in [0.15, 0.2) is 0 Å². The van der Waals surface area contributed by atoms with Crippen LogP contribution in [0.4, 0.5) is 10.5 Å². The molecule has 1 amide bonds. The Hall–Kier alpha value is -3.51. The molecule has 0 radical (unpaired) electrons. The molecule has 3 aromatic rings. The number of aliphatic hydroxyl groups excluding tert-OH is 1. The average molecular weight is 445 g/mol. The number of ether oxygens (including phenoxy) is 2. The number of carbonyl (C=O) groups is 1. The molecular weight excluding hydrogens is 416 g/mol. The highest BCUT2D eigenvalue weighted by Crippen LogP contribution is 2.44. The van der Waals surface area contributed by atoms with E-state index in [4.69, 9.17) is 9.47 Å². The zero-order valence-electron chi connectivity index (χ0n) is 18.6. The van der Waals surface area contributed by atoms with Crippen LogP contribution in [0.2, 0.25) is 0 Å². The lowest BCUT2D eigenvalue weighted by molar-refractivity contribution is 0.136. The summed E-state index contributed by atoms with van der Waals surface area (Å²) in [7, 11) is 0. The molecule has 0 saturated heterocycles. The van der Waals surface area contributed by atoms with Crippen LogP contribution < -0.4 is 15.4 Å². The molecule has 6 heteroatoms. The predicted molar refractivity (Wildman–Crippen MR) is 128 cm³/mol. The van der Waals surface area contributed by atoms with Gasteiger partial charge in [0, 0.05) is 24.6 Å². The summed E-state index contributed by atoms with van der Waals surface area (Å²) in [5.41, 5.74) is 6.85. The molecule has 0 spiro atoms. The molecule has 6 nitrogen and oxygen atoms in total. The lowest BCUT2D eigenvalue weighted by Gasteiger charge is -2.16. The second-order valence-electron chi connectivity index (χ2n) is 8.70. The number of carbonyl (C=O) groups excluding carboxylic acids is 1. The number of anilines is 1. The van der Waals surface area contributed by atoms with Crippen molar-refractivity contribution in [3.05, 3.63) is 83.4 Å². The minimum atomic E-state index is -0.435. The lowest BCUT2D eigenvalue weighted by atomic mass is 9.98. The van der Waals surface area contributed by atoms with Gasteiger partial charge in [-0.2, -0.15) is 0 Å². The Labute approximate surface area is 193 Å². The molecule has 0 saturated carbocycles. The first-order valence-corrected chi connectivity index (χ1v) is 11.4. The first-order chi connectivity index (χ1) is 16.1. The van der Waals surface area contributed by atoms with Gasteiger partial charge in [0.05, 0.1) is 12.6 Å². The van der Waals surface area contributed by atoms with Crippen molar-refractivity contribution in [1.29, 1.82) is 0 Å². The Morgan fingerprint density at radius 2 is 1.79 bits per heavy atom. The van der Waals surface area contributed by atoms with Crippen molar-refractivity contribution < 1.29 is 19.4 Å². The zero-order chi connectivity index (χ0) is 22.8. The van der Waals surface area contributed by atoms with Gasteiger partial charge in [-0.05, 0) is 52.9 Å². The second-order valence-corrected chi connectivity index (χ2v) is 8.70. The van der Waals surface area contributed by atoms with E-state index in [-0.39, 0.29) is 12.0 Å². The molecule has 3 aromatic carbocycles. The summed E-state index contributed by atoms with van der Waals surface area (Å²) >= 11 is 0.